The molecule has 0 spiro atoms. The minimum atomic E-state index is -3.13. The molecule has 8 heteroatoms. The number of halogens is 3. The monoisotopic (exact) mass is 380 g/mol. The molecule has 26 heavy (non-hydrogen) atoms. The van der Waals surface area contributed by atoms with Gasteiger partial charge in [0.1, 0.15) is 12.1 Å². The highest BCUT2D eigenvalue weighted by atomic mass is 32.2. The lowest BCUT2D eigenvalue weighted by Gasteiger charge is -2.18. The van der Waals surface area contributed by atoms with Crippen LogP contribution in [0.25, 0.3) is 16.6 Å². The van der Waals surface area contributed by atoms with Gasteiger partial charge in [0.05, 0.1) is 16.6 Å². The van der Waals surface area contributed by atoms with Crippen LogP contribution in [0.15, 0.2) is 52.4 Å². The number of fused-ring (bicyclic) bond motifs is 1. The van der Waals surface area contributed by atoms with E-state index in [0.717, 1.165) is 10.6 Å². The highest BCUT2D eigenvalue weighted by molar-refractivity contribution is 7.91. The van der Waals surface area contributed by atoms with E-state index in [1.807, 2.05) is 0 Å². The van der Waals surface area contributed by atoms with Crippen LogP contribution in [-0.2, 0) is 11.2 Å². The lowest BCUT2D eigenvalue weighted by Crippen LogP contribution is -2.25. The second-order valence-electron chi connectivity index (χ2n) is 6.07. The van der Waals surface area contributed by atoms with Gasteiger partial charge in [-0.25, -0.2) is 18.2 Å². The zero-order valence-corrected chi connectivity index (χ0v) is 14.8. The predicted octanol–water partition coefficient (Wildman–Crippen LogP) is 3.60. The van der Waals surface area contributed by atoms with E-state index in [0.29, 0.717) is 12.4 Å². The maximum Gasteiger partial charge on any atom is 0.289 e. The van der Waals surface area contributed by atoms with Crippen LogP contribution in [0.5, 0.6) is 0 Å². The fourth-order valence-corrected chi connectivity index (χ4v) is 3.90. The summed E-state index contributed by atoms with van der Waals surface area (Å²) >= 11 is -2.04. The second-order valence-corrected chi connectivity index (χ2v) is 7.49. The van der Waals surface area contributed by atoms with Crippen LogP contribution in [0.3, 0.4) is 0 Å². The first-order valence-corrected chi connectivity index (χ1v) is 9.02. The summed E-state index contributed by atoms with van der Waals surface area (Å²) < 4.78 is 54.1. The molecule has 0 saturated heterocycles. The molecular weight excluding hydrogens is 365 g/mol. The van der Waals surface area contributed by atoms with E-state index >= 15 is 0 Å². The summed E-state index contributed by atoms with van der Waals surface area (Å²) in [7, 11) is 0. The van der Waals surface area contributed by atoms with Crippen molar-refractivity contribution < 1.29 is 17.7 Å². The summed E-state index contributed by atoms with van der Waals surface area (Å²) in [6.45, 7) is 2.15. The number of hydrogen-bond acceptors (Lipinski definition) is 3. The molecule has 136 valence electrons. The van der Waals surface area contributed by atoms with Gasteiger partial charge in [-0.1, -0.05) is 12.1 Å². The molecular formula is C18H15F3N2O2S. The number of hydrogen-bond donors (Lipinski definition) is 0. The van der Waals surface area contributed by atoms with Gasteiger partial charge in [-0.3, -0.25) is 9.36 Å². The van der Waals surface area contributed by atoms with Gasteiger partial charge in [-0.2, -0.15) is 0 Å². The Morgan fingerprint density at radius 2 is 1.96 bits per heavy atom. The quantitative estimate of drug-likeness (QED) is 0.650. The van der Waals surface area contributed by atoms with E-state index in [1.54, 1.807) is 24.3 Å². The zero-order chi connectivity index (χ0) is 19.1. The Morgan fingerprint density at radius 3 is 2.65 bits per heavy atom. The third-order valence-corrected chi connectivity index (χ3v) is 5.50. The van der Waals surface area contributed by atoms with Crippen molar-refractivity contribution in [2.75, 3.05) is 5.75 Å². The molecule has 0 aliphatic carbocycles. The van der Waals surface area contributed by atoms with Crippen molar-refractivity contribution in [1.29, 1.82) is 0 Å². The Bertz CT molecular complexity index is 1030. The summed E-state index contributed by atoms with van der Waals surface area (Å²) in [6.07, 6.45) is 1.17. The molecule has 1 aromatic heterocycles. The Kier molecular flexibility index (Phi) is 4.81. The van der Waals surface area contributed by atoms with Crippen LogP contribution in [0, 0.1) is 12.7 Å². The highest BCUT2D eigenvalue weighted by Crippen LogP contribution is 2.27. The molecule has 0 radical (unpaired) electrons. The van der Waals surface area contributed by atoms with Crippen molar-refractivity contribution in [2.45, 2.75) is 24.7 Å². The largest absolute Gasteiger partial charge is 0.611 e. The van der Waals surface area contributed by atoms with Crippen LogP contribution in [0.4, 0.5) is 13.2 Å². The summed E-state index contributed by atoms with van der Waals surface area (Å²) in [6, 6.07) is 8.84. The van der Waals surface area contributed by atoms with E-state index < -0.39 is 34.2 Å². The van der Waals surface area contributed by atoms with E-state index in [2.05, 4.69) is 4.98 Å². The first kappa shape index (κ1) is 18.5. The summed E-state index contributed by atoms with van der Waals surface area (Å²) in [4.78, 5) is 16.8. The van der Waals surface area contributed by atoms with Crippen LogP contribution in [0.2, 0.25) is 0 Å². The van der Waals surface area contributed by atoms with E-state index in [9.17, 15) is 22.5 Å². The topological polar surface area (TPSA) is 58.0 Å². The molecule has 0 saturated carbocycles. The van der Waals surface area contributed by atoms with Crippen molar-refractivity contribution in [1.82, 2.24) is 9.55 Å². The summed E-state index contributed by atoms with van der Waals surface area (Å²) in [5, 5.41) is 0.290. The SMILES string of the molecule is Cc1cc(F)c(-n2cnc3ccccc3c2=O)cc1[S@@+]([O-])CC(C)(F)F. The average Bonchev–Trinajstić information content (AvgIpc) is 2.54. The molecule has 2 aromatic carbocycles. The van der Waals surface area contributed by atoms with Gasteiger partial charge in [0, 0.05) is 18.6 Å². The minimum Gasteiger partial charge on any atom is -0.611 e. The van der Waals surface area contributed by atoms with Gasteiger partial charge >= 0.3 is 0 Å². The molecule has 0 bridgehead atoms. The maximum absolute atomic E-state index is 14.5. The normalized spacial score (nSPS) is 13.2. The molecule has 0 aliphatic heterocycles. The molecule has 1 heterocycles. The van der Waals surface area contributed by atoms with Crippen molar-refractivity contribution in [3.05, 3.63) is 64.5 Å². The zero-order valence-electron chi connectivity index (χ0n) is 14.0. The Morgan fingerprint density at radius 1 is 1.27 bits per heavy atom. The van der Waals surface area contributed by atoms with E-state index in [-0.39, 0.29) is 21.5 Å². The number of para-hydroxylation sites is 1. The standard InChI is InChI=1S/C18H15F3N2O2S/c1-11-7-13(19)15(8-16(11)26(25)9-18(2,20)21)23-10-22-14-6-4-3-5-12(14)17(23)24/h3-8,10H,9H2,1-2H3/t26-/m0/s1. The molecule has 0 amide bonds. The van der Waals surface area contributed by atoms with Crippen LogP contribution in [0.1, 0.15) is 12.5 Å². The molecule has 1 atom stereocenters. The molecule has 0 fully saturated rings. The average molecular weight is 380 g/mol. The second kappa shape index (κ2) is 6.77. The van der Waals surface area contributed by atoms with Gasteiger partial charge in [0.25, 0.3) is 11.5 Å². The van der Waals surface area contributed by atoms with Crippen LogP contribution >= 0.6 is 0 Å². The predicted molar refractivity (Wildman–Crippen MR) is 93.9 cm³/mol. The number of aromatic nitrogens is 2. The van der Waals surface area contributed by atoms with Gasteiger partial charge < -0.3 is 4.55 Å². The molecule has 0 aliphatic rings. The van der Waals surface area contributed by atoms with Crippen molar-refractivity contribution in [2.24, 2.45) is 0 Å². The summed E-state index contributed by atoms with van der Waals surface area (Å²) in [5.74, 6) is -4.75. The number of rotatable bonds is 4. The number of aryl methyl sites for hydroxylation is 1. The minimum absolute atomic E-state index is 0.0583. The number of alkyl halides is 2. The van der Waals surface area contributed by atoms with Crippen molar-refractivity contribution in [3.63, 3.8) is 0 Å². The highest BCUT2D eigenvalue weighted by Gasteiger charge is 2.31. The maximum atomic E-state index is 14.5. The van der Waals surface area contributed by atoms with E-state index in [1.165, 1.54) is 19.3 Å². The third kappa shape index (κ3) is 3.61. The number of nitrogens with zero attached hydrogens (tertiary/aromatic N) is 2. The molecule has 3 aromatic rings. The fourth-order valence-electron chi connectivity index (χ4n) is 2.62. The molecule has 0 N–H and O–H groups in total. The van der Waals surface area contributed by atoms with Gasteiger partial charge in [0.2, 0.25) is 0 Å². The third-order valence-electron chi connectivity index (χ3n) is 3.80. The van der Waals surface area contributed by atoms with Gasteiger partial charge in [0.15, 0.2) is 10.6 Å². The first-order valence-electron chi connectivity index (χ1n) is 7.70. The first-order chi connectivity index (χ1) is 12.2. The van der Waals surface area contributed by atoms with Crippen LogP contribution in [-0.4, -0.2) is 25.8 Å². The van der Waals surface area contributed by atoms with E-state index in [4.69, 9.17) is 0 Å². The summed E-state index contributed by atoms with van der Waals surface area (Å²) in [5.41, 5.74) is 0.0452. The Hall–Kier alpha value is -2.32. The Labute approximate surface area is 150 Å². The molecule has 3 rings (SSSR count). The van der Waals surface area contributed by atoms with Crippen LogP contribution < -0.4 is 5.56 Å². The van der Waals surface area contributed by atoms with Gasteiger partial charge in [-0.05, 0) is 36.3 Å². The van der Waals surface area contributed by atoms with Gasteiger partial charge in [-0.15, -0.1) is 0 Å². The van der Waals surface area contributed by atoms with Crippen molar-refractivity contribution in [3.8, 4) is 5.69 Å². The molecule has 0 unspecified atom stereocenters. The van der Waals surface area contributed by atoms with Crippen molar-refractivity contribution >= 4 is 22.1 Å². The smallest absolute Gasteiger partial charge is 0.289 e. The fraction of sp³-hybridized carbons (Fsp3) is 0.222. The Balaban J connectivity index is 2.16. The lowest BCUT2D eigenvalue weighted by molar-refractivity contribution is 0.0473. The number of benzene rings is 2. The lowest BCUT2D eigenvalue weighted by atomic mass is 10.2. The molecule has 4 nitrogen and oxygen atoms in total.